The fourth-order valence-electron chi connectivity index (χ4n) is 0.780. The summed E-state index contributed by atoms with van der Waals surface area (Å²) < 4.78 is 0. The highest BCUT2D eigenvalue weighted by molar-refractivity contribution is 7.99. The second-order valence-corrected chi connectivity index (χ2v) is 3.91. The SMILES string of the molecule is CCSCCCNCCC(N)=O. The van der Waals surface area contributed by atoms with Gasteiger partial charge in [-0.15, -0.1) is 0 Å². The fourth-order valence-corrected chi connectivity index (χ4v) is 1.42. The Balaban J connectivity index is 2.86. The van der Waals surface area contributed by atoms with E-state index < -0.39 is 0 Å². The Labute approximate surface area is 78.5 Å². The van der Waals surface area contributed by atoms with Crippen LogP contribution in [0.2, 0.25) is 0 Å². The van der Waals surface area contributed by atoms with Gasteiger partial charge in [-0.25, -0.2) is 0 Å². The summed E-state index contributed by atoms with van der Waals surface area (Å²) in [5.41, 5.74) is 4.97. The van der Waals surface area contributed by atoms with Gasteiger partial charge in [0.25, 0.3) is 0 Å². The monoisotopic (exact) mass is 190 g/mol. The van der Waals surface area contributed by atoms with Crippen LogP contribution in [-0.4, -0.2) is 30.5 Å². The molecule has 0 saturated heterocycles. The van der Waals surface area contributed by atoms with Crippen molar-refractivity contribution in [2.24, 2.45) is 5.73 Å². The van der Waals surface area contributed by atoms with Crippen LogP contribution in [0.4, 0.5) is 0 Å². The van der Waals surface area contributed by atoms with Crippen molar-refractivity contribution in [1.82, 2.24) is 5.32 Å². The summed E-state index contributed by atoms with van der Waals surface area (Å²) in [5, 5.41) is 3.16. The van der Waals surface area contributed by atoms with E-state index >= 15 is 0 Å². The Kier molecular flexibility index (Phi) is 8.71. The van der Waals surface area contributed by atoms with Crippen LogP contribution in [-0.2, 0) is 4.79 Å². The van der Waals surface area contributed by atoms with Gasteiger partial charge >= 0.3 is 0 Å². The third-order valence-electron chi connectivity index (χ3n) is 1.39. The largest absolute Gasteiger partial charge is 0.370 e. The summed E-state index contributed by atoms with van der Waals surface area (Å²) in [6.45, 7) is 3.86. The lowest BCUT2D eigenvalue weighted by Crippen LogP contribution is -2.23. The molecule has 0 aliphatic rings. The molecule has 0 rings (SSSR count). The van der Waals surface area contributed by atoms with E-state index in [1.165, 1.54) is 11.5 Å². The minimum atomic E-state index is -0.231. The molecule has 4 heteroatoms. The third-order valence-corrected chi connectivity index (χ3v) is 2.38. The number of nitrogens with two attached hydrogens (primary N) is 1. The van der Waals surface area contributed by atoms with Crippen molar-refractivity contribution < 1.29 is 4.79 Å². The first-order chi connectivity index (χ1) is 5.77. The first-order valence-electron chi connectivity index (χ1n) is 4.34. The number of thioether (sulfide) groups is 1. The Morgan fingerprint density at radius 1 is 1.50 bits per heavy atom. The van der Waals surface area contributed by atoms with Gasteiger partial charge in [0.2, 0.25) is 5.91 Å². The van der Waals surface area contributed by atoms with Crippen LogP contribution in [0.15, 0.2) is 0 Å². The van der Waals surface area contributed by atoms with Gasteiger partial charge in [0.15, 0.2) is 0 Å². The second-order valence-electron chi connectivity index (χ2n) is 2.52. The molecule has 0 heterocycles. The standard InChI is InChI=1S/C8H18N2OS/c1-2-12-7-3-5-10-6-4-8(9)11/h10H,2-7H2,1H3,(H2,9,11). The lowest BCUT2D eigenvalue weighted by atomic mass is 10.4. The number of carbonyl (C=O) groups excluding carboxylic acids is 1. The summed E-state index contributed by atoms with van der Waals surface area (Å²) in [6.07, 6.45) is 1.61. The third kappa shape index (κ3) is 9.78. The maximum atomic E-state index is 10.3. The van der Waals surface area contributed by atoms with Crippen molar-refractivity contribution in [2.75, 3.05) is 24.6 Å². The van der Waals surface area contributed by atoms with E-state index in [-0.39, 0.29) is 5.91 Å². The number of carbonyl (C=O) groups is 1. The minimum absolute atomic E-state index is 0.231. The van der Waals surface area contributed by atoms with Crippen LogP contribution in [0.1, 0.15) is 19.8 Å². The Hall–Kier alpha value is -0.220. The molecule has 0 bridgehead atoms. The number of hydrogen-bond donors (Lipinski definition) is 2. The molecule has 0 aromatic heterocycles. The van der Waals surface area contributed by atoms with Crippen molar-refractivity contribution in [2.45, 2.75) is 19.8 Å². The normalized spacial score (nSPS) is 10.1. The molecule has 0 atom stereocenters. The zero-order chi connectivity index (χ0) is 9.23. The number of rotatable bonds is 8. The van der Waals surface area contributed by atoms with Gasteiger partial charge < -0.3 is 11.1 Å². The number of hydrogen-bond acceptors (Lipinski definition) is 3. The van der Waals surface area contributed by atoms with Crippen molar-refractivity contribution in [1.29, 1.82) is 0 Å². The second kappa shape index (κ2) is 8.87. The quantitative estimate of drug-likeness (QED) is 0.551. The van der Waals surface area contributed by atoms with Crippen LogP contribution in [0.3, 0.4) is 0 Å². The summed E-state index contributed by atoms with van der Waals surface area (Å²) >= 11 is 1.94. The van der Waals surface area contributed by atoms with E-state index in [2.05, 4.69) is 12.2 Å². The highest BCUT2D eigenvalue weighted by Crippen LogP contribution is 1.99. The van der Waals surface area contributed by atoms with Crippen LogP contribution >= 0.6 is 11.8 Å². The number of primary amides is 1. The van der Waals surface area contributed by atoms with Crippen LogP contribution in [0, 0.1) is 0 Å². The van der Waals surface area contributed by atoms with Gasteiger partial charge in [-0.2, -0.15) is 11.8 Å². The van der Waals surface area contributed by atoms with E-state index in [1.807, 2.05) is 11.8 Å². The van der Waals surface area contributed by atoms with Crippen molar-refractivity contribution in [3.63, 3.8) is 0 Å². The zero-order valence-electron chi connectivity index (χ0n) is 7.64. The van der Waals surface area contributed by atoms with Gasteiger partial charge in [-0.3, -0.25) is 4.79 Å². The van der Waals surface area contributed by atoms with Crippen molar-refractivity contribution in [3.8, 4) is 0 Å². The van der Waals surface area contributed by atoms with Gasteiger partial charge in [0, 0.05) is 13.0 Å². The van der Waals surface area contributed by atoms with E-state index in [0.29, 0.717) is 13.0 Å². The van der Waals surface area contributed by atoms with Gasteiger partial charge in [-0.1, -0.05) is 6.92 Å². The van der Waals surface area contributed by atoms with E-state index in [1.54, 1.807) is 0 Å². The van der Waals surface area contributed by atoms with Crippen molar-refractivity contribution in [3.05, 3.63) is 0 Å². The molecule has 0 aromatic rings. The molecule has 0 fully saturated rings. The number of amides is 1. The molecule has 0 saturated carbocycles. The molecule has 0 aliphatic carbocycles. The predicted molar refractivity (Wildman–Crippen MR) is 54.3 cm³/mol. The smallest absolute Gasteiger partial charge is 0.218 e. The molecule has 0 spiro atoms. The summed E-state index contributed by atoms with van der Waals surface area (Å²) in [7, 11) is 0. The maximum Gasteiger partial charge on any atom is 0.218 e. The highest BCUT2D eigenvalue weighted by atomic mass is 32.2. The molecule has 0 radical (unpaired) electrons. The van der Waals surface area contributed by atoms with Crippen molar-refractivity contribution >= 4 is 17.7 Å². The minimum Gasteiger partial charge on any atom is -0.370 e. The molecule has 3 nitrogen and oxygen atoms in total. The predicted octanol–water partition coefficient (Wildman–Crippen LogP) is 0.595. The highest BCUT2D eigenvalue weighted by Gasteiger charge is 1.92. The van der Waals surface area contributed by atoms with Crippen LogP contribution < -0.4 is 11.1 Å². The van der Waals surface area contributed by atoms with Gasteiger partial charge in [-0.05, 0) is 24.5 Å². The Morgan fingerprint density at radius 3 is 2.83 bits per heavy atom. The maximum absolute atomic E-state index is 10.3. The summed E-state index contributed by atoms with van der Waals surface area (Å²) in [5.74, 6) is 2.15. The molecule has 72 valence electrons. The molecule has 0 aromatic carbocycles. The van der Waals surface area contributed by atoms with Gasteiger partial charge in [0.1, 0.15) is 0 Å². The lowest BCUT2D eigenvalue weighted by Gasteiger charge is -2.01. The van der Waals surface area contributed by atoms with Crippen LogP contribution in [0.25, 0.3) is 0 Å². The fraction of sp³-hybridized carbons (Fsp3) is 0.875. The topological polar surface area (TPSA) is 55.1 Å². The average Bonchev–Trinajstić information content (AvgIpc) is 2.02. The molecular weight excluding hydrogens is 172 g/mol. The lowest BCUT2D eigenvalue weighted by molar-refractivity contribution is -0.117. The number of nitrogens with one attached hydrogen (secondary N) is 1. The molecule has 0 unspecified atom stereocenters. The zero-order valence-corrected chi connectivity index (χ0v) is 8.45. The molecular formula is C8H18N2OS. The first-order valence-corrected chi connectivity index (χ1v) is 5.49. The molecule has 3 N–H and O–H groups in total. The summed E-state index contributed by atoms with van der Waals surface area (Å²) in [6, 6.07) is 0. The molecule has 12 heavy (non-hydrogen) atoms. The molecule has 1 amide bonds. The van der Waals surface area contributed by atoms with E-state index in [9.17, 15) is 4.79 Å². The Morgan fingerprint density at radius 2 is 2.25 bits per heavy atom. The van der Waals surface area contributed by atoms with E-state index in [4.69, 9.17) is 5.73 Å². The Bertz CT molecular complexity index is 120. The first kappa shape index (κ1) is 11.8. The van der Waals surface area contributed by atoms with Gasteiger partial charge in [0.05, 0.1) is 0 Å². The van der Waals surface area contributed by atoms with Crippen LogP contribution in [0.5, 0.6) is 0 Å². The van der Waals surface area contributed by atoms with E-state index in [0.717, 1.165) is 13.0 Å². The molecule has 0 aliphatic heterocycles. The summed E-state index contributed by atoms with van der Waals surface area (Å²) in [4.78, 5) is 10.3. The average molecular weight is 190 g/mol.